The van der Waals surface area contributed by atoms with Gasteiger partial charge in [0.05, 0.1) is 48.7 Å². The highest BCUT2D eigenvalue weighted by Crippen LogP contribution is 2.50. The number of aliphatic hydroxyl groups is 2. The van der Waals surface area contributed by atoms with Crippen molar-refractivity contribution in [3.8, 4) is 17.2 Å². The van der Waals surface area contributed by atoms with E-state index in [0.29, 0.717) is 12.8 Å². The summed E-state index contributed by atoms with van der Waals surface area (Å²) in [6.07, 6.45) is -2.10. The largest absolute Gasteiger partial charge is 0.507 e. The minimum Gasteiger partial charge on any atom is -0.507 e. The first-order chi connectivity index (χ1) is 15.8. The van der Waals surface area contributed by atoms with Crippen LogP contribution in [0.15, 0.2) is 18.2 Å². The lowest BCUT2D eigenvalue weighted by Gasteiger charge is -2.36. The fourth-order valence-electron chi connectivity index (χ4n) is 4.98. The average Bonchev–Trinajstić information content (AvgIpc) is 2.80. The molecular weight excluding hydrogens is 432 g/mol. The number of ether oxygens (including phenoxy) is 3. The standard InChI is InChI=1S/C24H24O9/c1-31-14-4-2-3-12-17(14)23(29)20-19(21(12)27)22(28)13-7-11(26)8-15(18(13)24(20)30)33-16-6-5-10(25)9-32-16/h2-4,10-11,15-16,25-26,28,30H,5-9H2,1H3. The number of fused-ring (bicyclic) bond motifs is 3. The number of benzene rings is 2. The smallest absolute Gasteiger partial charge is 0.202 e. The summed E-state index contributed by atoms with van der Waals surface area (Å²) < 4.78 is 16.8. The van der Waals surface area contributed by atoms with Crippen molar-refractivity contribution in [1.29, 1.82) is 0 Å². The van der Waals surface area contributed by atoms with Gasteiger partial charge >= 0.3 is 0 Å². The highest BCUT2D eigenvalue weighted by Gasteiger charge is 2.43. The number of hydrogen-bond donors (Lipinski definition) is 4. The van der Waals surface area contributed by atoms with Gasteiger partial charge in [0.1, 0.15) is 17.2 Å². The lowest BCUT2D eigenvalue weighted by molar-refractivity contribution is -0.214. The molecule has 0 bridgehead atoms. The van der Waals surface area contributed by atoms with Crippen LogP contribution in [-0.2, 0) is 15.9 Å². The van der Waals surface area contributed by atoms with E-state index >= 15 is 0 Å². The number of hydrogen-bond acceptors (Lipinski definition) is 9. The maximum absolute atomic E-state index is 13.4. The van der Waals surface area contributed by atoms with Gasteiger partial charge in [-0.05, 0) is 12.5 Å². The number of aromatic hydroxyl groups is 2. The molecule has 9 nitrogen and oxygen atoms in total. The number of carbonyl (C=O) groups is 2. The maximum atomic E-state index is 13.4. The van der Waals surface area contributed by atoms with E-state index in [4.69, 9.17) is 14.2 Å². The van der Waals surface area contributed by atoms with Crippen LogP contribution in [0.25, 0.3) is 0 Å². The van der Waals surface area contributed by atoms with Crippen LogP contribution < -0.4 is 4.74 Å². The summed E-state index contributed by atoms with van der Waals surface area (Å²) in [5.41, 5.74) is -0.186. The quantitative estimate of drug-likeness (QED) is 0.433. The topological polar surface area (TPSA) is 143 Å². The maximum Gasteiger partial charge on any atom is 0.202 e. The Kier molecular flexibility index (Phi) is 5.37. The van der Waals surface area contributed by atoms with Crippen LogP contribution in [0.2, 0.25) is 0 Å². The Hall–Kier alpha value is -2.98. The normalized spacial score (nSPS) is 26.4. The summed E-state index contributed by atoms with van der Waals surface area (Å²) in [6.45, 7) is 0.0950. The molecule has 5 rings (SSSR count). The predicted octanol–water partition coefficient (Wildman–Crippen LogP) is 1.74. The van der Waals surface area contributed by atoms with Crippen molar-refractivity contribution < 1.29 is 44.2 Å². The van der Waals surface area contributed by atoms with Gasteiger partial charge in [-0.3, -0.25) is 9.59 Å². The van der Waals surface area contributed by atoms with Crippen LogP contribution in [-0.4, -0.2) is 64.2 Å². The Morgan fingerprint density at radius 3 is 2.42 bits per heavy atom. The van der Waals surface area contributed by atoms with Crippen molar-refractivity contribution in [3.63, 3.8) is 0 Å². The third kappa shape index (κ3) is 3.39. The van der Waals surface area contributed by atoms with Crippen LogP contribution in [0.3, 0.4) is 0 Å². The highest BCUT2D eigenvalue weighted by molar-refractivity contribution is 6.31. The van der Waals surface area contributed by atoms with Gasteiger partial charge in [-0.1, -0.05) is 12.1 Å². The minimum atomic E-state index is -0.901. The Labute approximate surface area is 189 Å². The molecule has 0 saturated carbocycles. The molecule has 0 amide bonds. The molecule has 33 heavy (non-hydrogen) atoms. The van der Waals surface area contributed by atoms with Crippen molar-refractivity contribution >= 4 is 11.6 Å². The van der Waals surface area contributed by atoms with Crippen molar-refractivity contribution in [1.82, 2.24) is 0 Å². The number of ketones is 2. The van der Waals surface area contributed by atoms with E-state index in [9.17, 15) is 30.0 Å². The van der Waals surface area contributed by atoms with Gasteiger partial charge in [0.25, 0.3) is 0 Å². The zero-order chi connectivity index (χ0) is 23.4. The lowest BCUT2D eigenvalue weighted by atomic mass is 9.76. The number of aliphatic hydroxyl groups excluding tert-OH is 2. The van der Waals surface area contributed by atoms with Crippen molar-refractivity contribution in [2.45, 2.75) is 50.3 Å². The van der Waals surface area contributed by atoms with Gasteiger partial charge in [0.2, 0.25) is 5.78 Å². The average molecular weight is 456 g/mol. The molecule has 0 spiro atoms. The van der Waals surface area contributed by atoms with E-state index in [0.717, 1.165) is 0 Å². The molecule has 2 aromatic rings. The van der Waals surface area contributed by atoms with Crippen LogP contribution in [0.1, 0.15) is 68.3 Å². The highest BCUT2D eigenvalue weighted by atomic mass is 16.7. The summed E-state index contributed by atoms with van der Waals surface area (Å²) in [5.74, 6) is -1.98. The number of phenols is 2. The number of rotatable bonds is 3. The third-order valence-corrected chi connectivity index (χ3v) is 6.54. The van der Waals surface area contributed by atoms with E-state index < -0.39 is 47.7 Å². The molecule has 1 saturated heterocycles. The predicted molar refractivity (Wildman–Crippen MR) is 113 cm³/mol. The molecule has 4 atom stereocenters. The van der Waals surface area contributed by atoms with Crippen molar-refractivity contribution in [2.24, 2.45) is 0 Å². The zero-order valence-electron chi connectivity index (χ0n) is 17.9. The van der Waals surface area contributed by atoms with E-state index in [1.54, 1.807) is 12.1 Å². The summed E-state index contributed by atoms with van der Waals surface area (Å²) in [5, 5.41) is 42.4. The SMILES string of the molecule is COc1cccc2c1C(=O)c1c(O)c3c(c(O)c1C2=O)CC(O)CC3OC1CCC(O)CO1. The van der Waals surface area contributed by atoms with Crippen LogP contribution in [0.4, 0.5) is 0 Å². The van der Waals surface area contributed by atoms with Gasteiger partial charge in [-0.2, -0.15) is 0 Å². The molecule has 174 valence electrons. The Balaban J connectivity index is 1.64. The zero-order valence-corrected chi connectivity index (χ0v) is 17.9. The molecule has 0 aromatic heterocycles. The lowest BCUT2D eigenvalue weighted by Crippen LogP contribution is -2.35. The fourth-order valence-corrected chi connectivity index (χ4v) is 4.98. The molecular formula is C24H24O9. The molecule has 4 N–H and O–H groups in total. The van der Waals surface area contributed by atoms with Gasteiger partial charge in [0, 0.05) is 36.0 Å². The Bertz CT molecular complexity index is 1150. The Morgan fingerprint density at radius 2 is 1.73 bits per heavy atom. The van der Waals surface area contributed by atoms with Crippen LogP contribution in [0.5, 0.6) is 17.2 Å². The molecule has 2 aromatic carbocycles. The molecule has 0 radical (unpaired) electrons. The second-order valence-electron chi connectivity index (χ2n) is 8.59. The monoisotopic (exact) mass is 456 g/mol. The molecule has 1 fully saturated rings. The molecule has 9 heteroatoms. The Morgan fingerprint density at radius 1 is 0.970 bits per heavy atom. The van der Waals surface area contributed by atoms with E-state index in [1.807, 2.05) is 0 Å². The molecule has 2 aliphatic carbocycles. The number of carbonyl (C=O) groups excluding carboxylic acids is 2. The first-order valence-corrected chi connectivity index (χ1v) is 10.8. The number of methoxy groups -OCH3 is 1. The van der Waals surface area contributed by atoms with E-state index in [-0.39, 0.29) is 58.6 Å². The van der Waals surface area contributed by atoms with Crippen molar-refractivity contribution in [2.75, 3.05) is 13.7 Å². The first-order valence-electron chi connectivity index (χ1n) is 10.8. The second kappa shape index (κ2) is 8.11. The summed E-state index contributed by atoms with van der Waals surface area (Å²) in [4.78, 5) is 26.7. The summed E-state index contributed by atoms with van der Waals surface area (Å²) in [7, 11) is 1.37. The minimum absolute atomic E-state index is 0.0153. The van der Waals surface area contributed by atoms with Gasteiger partial charge in [0.15, 0.2) is 12.1 Å². The molecule has 3 aliphatic rings. The van der Waals surface area contributed by atoms with Crippen LogP contribution in [0, 0.1) is 0 Å². The summed E-state index contributed by atoms with van der Waals surface area (Å²) >= 11 is 0. The van der Waals surface area contributed by atoms with Gasteiger partial charge in [-0.25, -0.2) is 0 Å². The molecule has 1 heterocycles. The number of phenolic OH excluding ortho intramolecular Hbond substituents is 2. The second-order valence-corrected chi connectivity index (χ2v) is 8.59. The third-order valence-electron chi connectivity index (χ3n) is 6.54. The molecule has 4 unspecified atom stereocenters. The fraction of sp³-hybridized carbons (Fsp3) is 0.417. The van der Waals surface area contributed by atoms with Gasteiger partial charge < -0.3 is 34.6 Å². The van der Waals surface area contributed by atoms with E-state index in [1.165, 1.54) is 13.2 Å². The van der Waals surface area contributed by atoms with Crippen LogP contribution >= 0.6 is 0 Å². The van der Waals surface area contributed by atoms with Gasteiger partial charge in [-0.15, -0.1) is 0 Å². The molecule has 1 aliphatic heterocycles. The van der Waals surface area contributed by atoms with Crippen molar-refractivity contribution in [3.05, 3.63) is 51.6 Å². The summed E-state index contributed by atoms with van der Waals surface area (Å²) in [6, 6.07) is 4.58. The van der Waals surface area contributed by atoms with E-state index in [2.05, 4.69) is 0 Å². The first kappa shape index (κ1) is 21.8.